The van der Waals surface area contributed by atoms with Crippen LogP contribution in [0.25, 0.3) is 0 Å². The molecule has 1 fully saturated rings. The van der Waals surface area contributed by atoms with Crippen molar-refractivity contribution in [3.05, 3.63) is 76.8 Å². The van der Waals surface area contributed by atoms with Crippen LogP contribution >= 0.6 is 11.6 Å². The molecule has 2 aliphatic rings. The van der Waals surface area contributed by atoms with Crippen molar-refractivity contribution in [3.8, 4) is 0 Å². The summed E-state index contributed by atoms with van der Waals surface area (Å²) in [5.74, 6) is -2.28. The van der Waals surface area contributed by atoms with E-state index in [1.807, 2.05) is 12.2 Å². The van der Waals surface area contributed by atoms with Crippen molar-refractivity contribution >= 4 is 40.9 Å². The van der Waals surface area contributed by atoms with Crippen molar-refractivity contribution in [1.82, 2.24) is 0 Å². The molecule has 152 valence electrons. The average molecular weight is 424 g/mol. The summed E-state index contributed by atoms with van der Waals surface area (Å²) >= 11 is 5.80. The lowest BCUT2D eigenvalue weighted by atomic mass is 9.85. The molecule has 2 aromatic carbocycles. The van der Waals surface area contributed by atoms with Crippen LogP contribution in [-0.2, 0) is 14.3 Å². The number of hydrogen-bond acceptors (Lipinski definition) is 5. The summed E-state index contributed by atoms with van der Waals surface area (Å²) in [5.41, 5.74) is 0.869. The first-order valence-corrected chi connectivity index (χ1v) is 9.92. The van der Waals surface area contributed by atoms with E-state index in [0.29, 0.717) is 29.1 Å². The maximum absolute atomic E-state index is 12.7. The van der Waals surface area contributed by atoms with Gasteiger partial charge in [-0.3, -0.25) is 19.3 Å². The van der Waals surface area contributed by atoms with Gasteiger partial charge < -0.3 is 4.74 Å². The van der Waals surface area contributed by atoms with Gasteiger partial charge in [0.05, 0.1) is 23.1 Å². The monoisotopic (exact) mass is 423 g/mol. The third-order valence-corrected chi connectivity index (χ3v) is 5.60. The van der Waals surface area contributed by atoms with E-state index in [9.17, 15) is 19.2 Å². The Labute approximate surface area is 178 Å². The second kappa shape index (κ2) is 8.24. The minimum Gasteiger partial charge on any atom is -0.454 e. The molecule has 0 unspecified atom stereocenters. The van der Waals surface area contributed by atoms with Crippen LogP contribution in [0, 0.1) is 11.8 Å². The zero-order chi connectivity index (χ0) is 21.3. The fourth-order valence-corrected chi connectivity index (χ4v) is 3.89. The summed E-state index contributed by atoms with van der Waals surface area (Å²) in [6, 6.07) is 12.4. The Kier molecular flexibility index (Phi) is 5.50. The van der Waals surface area contributed by atoms with Crippen LogP contribution in [0.3, 0.4) is 0 Å². The Balaban J connectivity index is 1.46. The zero-order valence-electron chi connectivity index (χ0n) is 15.9. The molecule has 2 amide bonds. The number of carbonyl (C=O) groups excluding carboxylic acids is 4. The number of rotatable bonds is 5. The summed E-state index contributed by atoms with van der Waals surface area (Å²) in [4.78, 5) is 51.2. The van der Waals surface area contributed by atoms with Gasteiger partial charge in [-0.25, -0.2) is 4.79 Å². The smallest absolute Gasteiger partial charge is 0.338 e. The van der Waals surface area contributed by atoms with Gasteiger partial charge in [0.25, 0.3) is 0 Å². The Morgan fingerprint density at radius 2 is 1.57 bits per heavy atom. The molecule has 0 bridgehead atoms. The SMILES string of the molecule is O=C(COC(=O)c1cccc(N2C(=O)[C@@H]3CC=CC[C@H]3C2=O)c1)c1ccc(Cl)cc1. The predicted molar refractivity (Wildman–Crippen MR) is 110 cm³/mol. The molecule has 1 aliphatic heterocycles. The van der Waals surface area contributed by atoms with Crippen LogP contribution in [-0.4, -0.2) is 30.2 Å². The fourth-order valence-electron chi connectivity index (χ4n) is 3.76. The maximum Gasteiger partial charge on any atom is 0.338 e. The molecule has 7 heteroatoms. The fraction of sp³-hybridized carbons (Fsp3) is 0.217. The van der Waals surface area contributed by atoms with Gasteiger partial charge in [0.2, 0.25) is 11.8 Å². The first kappa shape index (κ1) is 20.0. The molecule has 2 aromatic rings. The number of anilines is 1. The Hall–Kier alpha value is -3.25. The van der Waals surface area contributed by atoms with E-state index in [-0.39, 0.29) is 35.0 Å². The normalized spacial score (nSPS) is 20.2. The summed E-state index contributed by atoms with van der Waals surface area (Å²) < 4.78 is 5.12. The highest BCUT2D eigenvalue weighted by Gasteiger charge is 2.47. The van der Waals surface area contributed by atoms with Crippen molar-refractivity contribution in [1.29, 1.82) is 0 Å². The van der Waals surface area contributed by atoms with Crippen molar-refractivity contribution in [2.75, 3.05) is 11.5 Å². The first-order chi connectivity index (χ1) is 14.5. The molecule has 0 aromatic heterocycles. The summed E-state index contributed by atoms with van der Waals surface area (Å²) in [6.07, 6.45) is 4.92. The predicted octanol–water partition coefficient (Wildman–Crippen LogP) is 3.84. The van der Waals surface area contributed by atoms with Crippen molar-refractivity contribution < 1.29 is 23.9 Å². The molecule has 0 N–H and O–H groups in total. The van der Waals surface area contributed by atoms with Crippen molar-refractivity contribution in [2.45, 2.75) is 12.8 Å². The lowest BCUT2D eigenvalue weighted by Gasteiger charge is -2.15. The van der Waals surface area contributed by atoms with Gasteiger partial charge in [0, 0.05) is 10.6 Å². The molecule has 0 saturated carbocycles. The number of esters is 1. The van der Waals surface area contributed by atoms with Gasteiger partial charge in [-0.15, -0.1) is 0 Å². The number of fused-ring (bicyclic) bond motifs is 1. The standard InChI is InChI=1S/C23H18ClNO5/c24-16-10-8-14(9-11-16)20(26)13-30-23(29)15-4-3-5-17(12-15)25-21(27)18-6-1-2-7-19(18)22(25)28/h1-5,8-12,18-19H,6-7,13H2/t18-,19-/m1/s1. The lowest BCUT2D eigenvalue weighted by molar-refractivity contribution is -0.122. The summed E-state index contributed by atoms with van der Waals surface area (Å²) in [5, 5.41) is 0.502. The lowest BCUT2D eigenvalue weighted by Crippen LogP contribution is -2.31. The zero-order valence-corrected chi connectivity index (χ0v) is 16.7. The number of imide groups is 1. The molecule has 1 heterocycles. The molecular formula is C23H18ClNO5. The van der Waals surface area contributed by atoms with Crippen molar-refractivity contribution in [3.63, 3.8) is 0 Å². The number of hydrogen-bond donors (Lipinski definition) is 0. The highest BCUT2D eigenvalue weighted by molar-refractivity contribution is 6.30. The van der Waals surface area contributed by atoms with E-state index in [1.165, 1.54) is 12.1 Å². The summed E-state index contributed by atoms with van der Waals surface area (Å²) in [6.45, 7) is -0.428. The molecule has 1 aliphatic carbocycles. The van der Waals surface area contributed by atoms with Gasteiger partial charge in [-0.1, -0.05) is 29.8 Å². The van der Waals surface area contributed by atoms with Gasteiger partial charge in [0.15, 0.2) is 12.4 Å². The highest BCUT2D eigenvalue weighted by Crippen LogP contribution is 2.37. The Morgan fingerprint density at radius 1 is 0.933 bits per heavy atom. The van der Waals surface area contributed by atoms with E-state index in [4.69, 9.17) is 16.3 Å². The average Bonchev–Trinajstić information content (AvgIpc) is 3.03. The summed E-state index contributed by atoms with van der Waals surface area (Å²) in [7, 11) is 0. The van der Waals surface area contributed by atoms with E-state index < -0.39 is 12.6 Å². The maximum atomic E-state index is 12.7. The number of allylic oxidation sites excluding steroid dienone is 2. The molecule has 4 rings (SSSR count). The van der Waals surface area contributed by atoms with Crippen LogP contribution in [0.1, 0.15) is 33.6 Å². The van der Waals surface area contributed by atoms with E-state index in [2.05, 4.69) is 0 Å². The second-order valence-electron chi connectivity index (χ2n) is 7.22. The van der Waals surface area contributed by atoms with E-state index in [1.54, 1.807) is 36.4 Å². The molecular weight excluding hydrogens is 406 g/mol. The number of Topliss-reactive ketones (excluding diaryl/α,β-unsaturated/α-hetero) is 1. The number of nitrogens with zero attached hydrogens (tertiary/aromatic N) is 1. The molecule has 0 spiro atoms. The van der Waals surface area contributed by atoms with Gasteiger partial charge in [-0.2, -0.15) is 0 Å². The number of benzene rings is 2. The minimum absolute atomic E-state index is 0.157. The van der Waals surface area contributed by atoms with E-state index in [0.717, 1.165) is 4.90 Å². The third kappa shape index (κ3) is 3.78. The quantitative estimate of drug-likeness (QED) is 0.316. The van der Waals surface area contributed by atoms with Crippen LogP contribution < -0.4 is 4.90 Å². The van der Waals surface area contributed by atoms with E-state index >= 15 is 0 Å². The van der Waals surface area contributed by atoms with Crippen molar-refractivity contribution in [2.24, 2.45) is 11.8 Å². The number of ether oxygens (including phenoxy) is 1. The second-order valence-corrected chi connectivity index (χ2v) is 7.66. The number of carbonyl (C=O) groups is 4. The van der Waals surface area contributed by atoms with Crippen LogP contribution in [0.15, 0.2) is 60.7 Å². The van der Waals surface area contributed by atoms with Crippen LogP contribution in [0.2, 0.25) is 5.02 Å². The van der Waals surface area contributed by atoms with Crippen LogP contribution in [0.5, 0.6) is 0 Å². The molecule has 0 radical (unpaired) electrons. The largest absolute Gasteiger partial charge is 0.454 e. The molecule has 6 nitrogen and oxygen atoms in total. The third-order valence-electron chi connectivity index (χ3n) is 5.35. The number of ketones is 1. The van der Waals surface area contributed by atoms with Gasteiger partial charge in [-0.05, 0) is 55.3 Å². The number of halogens is 1. The molecule has 2 atom stereocenters. The molecule has 1 saturated heterocycles. The topological polar surface area (TPSA) is 80.8 Å². The molecule has 30 heavy (non-hydrogen) atoms. The van der Waals surface area contributed by atoms with Crippen LogP contribution in [0.4, 0.5) is 5.69 Å². The first-order valence-electron chi connectivity index (χ1n) is 9.54. The minimum atomic E-state index is -0.711. The van der Waals surface area contributed by atoms with Gasteiger partial charge in [0.1, 0.15) is 0 Å². The number of amides is 2. The Morgan fingerprint density at radius 3 is 2.20 bits per heavy atom. The van der Waals surface area contributed by atoms with Gasteiger partial charge >= 0.3 is 5.97 Å². The Bertz CT molecular complexity index is 1030. The highest BCUT2D eigenvalue weighted by atomic mass is 35.5.